The van der Waals surface area contributed by atoms with E-state index in [1.54, 1.807) is 0 Å². The zero-order chi connectivity index (χ0) is 13.0. The number of piperidine rings is 1. The Hall–Kier alpha value is -0.860. The number of aryl methyl sites for hydroxylation is 1. The van der Waals surface area contributed by atoms with Crippen LogP contribution in [0.3, 0.4) is 0 Å². The lowest BCUT2D eigenvalue weighted by Gasteiger charge is -2.42. The molecule has 2 atom stereocenters. The van der Waals surface area contributed by atoms with E-state index in [0.717, 1.165) is 19.0 Å². The van der Waals surface area contributed by atoms with Gasteiger partial charge in [0, 0.05) is 6.04 Å². The summed E-state index contributed by atoms with van der Waals surface area (Å²) in [5.74, 6) is 0.741. The first-order chi connectivity index (χ1) is 8.77. The maximum absolute atomic E-state index is 3.37. The molecule has 1 aliphatic rings. The van der Waals surface area contributed by atoms with Gasteiger partial charge in [-0.15, -0.1) is 0 Å². The predicted molar refractivity (Wildman–Crippen MR) is 77.8 cm³/mol. The van der Waals surface area contributed by atoms with E-state index in [2.05, 4.69) is 55.4 Å². The molecule has 1 aromatic carbocycles. The normalized spacial score (nSPS) is 25.3. The molecular weight excluding hydrogens is 220 g/mol. The quantitative estimate of drug-likeness (QED) is 0.878. The lowest BCUT2D eigenvalue weighted by Crippen LogP contribution is -2.42. The van der Waals surface area contributed by atoms with Crippen LogP contribution >= 0.6 is 0 Å². The fraction of sp³-hybridized carbons (Fsp3) is 0.625. The summed E-state index contributed by atoms with van der Waals surface area (Å²) in [5, 5.41) is 3.37. The Balaban J connectivity index is 2.30. The largest absolute Gasteiger partial charge is 0.319 e. The molecule has 0 amide bonds. The van der Waals surface area contributed by atoms with Crippen LogP contribution in [-0.4, -0.2) is 31.6 Å². The molecular formula is C16H26N2. The highest BCUT2D eigenvalue weighted by Gasteiger charge is 2.31. The first-order valence-electron chi connectivity index (χ1n) is 7.22. The summed E-state index contributed by atoms with van der Waals surface area (Å²) in [6, 6.07) is 9.48. The second-order valence-electron chi connectivity index (χ2n) is 5.39. The van der Waals surface area contributed by atoms with E-state index in [-0.39, 0.29) is 0 Å². The van der Waals surface area contributed by atoms with Gasteiger partial charge in [0.15, 0.2) is 0 Å². The molecule has 0 aromatic heterocycles. The third kappa shape index (κ3) is 2.76. The van der Waals surface area contributed by atoms with Crippen molar-refractivity contribution >= 4 is 0 Å². The van der Waals surface area contributed by atoms with Gasteiger partial charge >= 0.3 is 0 Å². The minimum absolute atomic E-state index is 0.595. The average molecular weight is 246 g/mol. The minimum Gasteiger partial charge on any atom is -0.319 e. The van der Waals surface area contributed by atoms with Crippen molar-refractivity contribution in [3.63, 3.8) is 0 Å². The Bertz CT molecular complexity index is 373. The molecule has 1 N–H and O–H groups in total. The molecule has 100 valence electrons. The number of hydrogen-bond acceptors (Lipinski definition) is 2. The number of hydrogen-bond donors (Lipinski definition) is 1. The maximum atomic E-state index is 3.37. The van der Waals surface area contributed by atoms with Crippen LogP contribution in [0.2, 0.25) is 0 Å². The smallest absolute Gasteiger partial charge is 0.0390 e. The molecule has 2 nitrogen and oxygen atoms in total. The van der Waals surface area contributed by atoms with Gasteiger partial charge in [0.1, 0.15) is 0 Å². The number of nitrogens with zero attached hydrogens (tertiary/aromatic N) is 1. The Kier molecular flexibility index (Phi) is 4.79. The van der Waals surface area contributed by atoms with E-state index in [1.807, 2.05) is 0 Å². The van der Waals surface area contributed by atoms with E-state index in [0.29, 0.717) is 6.04 Å². The lowest BCUT2D eigenvalue weighted by molar-refractivity contribution is 0.0977. The summed E-state index contributed by atoms with van der Waals surface area (Å²) in [4.78, 5) is 2.65. The molecule has 1 aliphatic heterocycles. The Morgan fingerprint density at radius 1 is 1.33 bits per heavy atom. The fourth-order valence-electron chi connectivity index (χ4n) is 3.35. The molecule has 0 saturated carbocycles. The van der Waals surface area contributed by atoms with Crippen molar-refractivity contribution in [2.24, 2.45) is 5.92 Å². The molecule has 1 aromatic rings. The Morgan fingerprint density at radius 2 is 2.11 bits per heavy atom. The molecule has 2 rings (SSSR count). The molecule has 0 bridgehead atoms. The molecule has 1 fully saturated rings. The van der Waals surface area contributed by atoms with Crippen molar-refractivity contribution < 1.29 is 0 Å². The standard InChI is InChI=1S/C16H26N2/c1-4-18-11-7-9-14(12-17-3)16(18)15-10-6-5-8-13(15)2/h5-6,8,10,14,16-17H,4,7,9,11-12H2,1-3H3. The van der Waals surface area contributed by atoms with Crippen LogP contribution in [0.15, 0.2) is 24.3 Å². The Morgan fingerprint density at radius 3 is 2.78 bits per heavy atom. The second-order valence-corrected chi connectivity index (χ2v) is 5.39. The summed E-state index contributed by atoms with van der Waals surface area (Å²) >= 11 is 0. The highest BCUT2D eigenvalue weighted by molar-refractivity contribution is 5.29. The highest BCUT2D eigenvalue weighted by Crippen LogP contribution is 2.36. The van der Waals surface area contributed by atoms with Crippen LogP contribution in [0.25, 0.3) is 0 Å². The van der Waals surface area contributed by atoms with Crippen molar-refractivity contribution in [3.05, 3.63) is 35.4 Å². The van der Waals surface area contributed by atoms with Gasteiger partial charge in [0.05, 0.1) is 0 Å². The van der Waals surface area contributed by atoms with E-state index in [9.17, 15) is 0 Å². The fourth-order valence-corrected chi connectivity index (χ4v) is 3.35. The number of likely N-dealkylation sites (tertiary alicyclic amines) is 1. The van der Waals surface area contributed by atoms with Gasteiger partial charge in [-0.05, 0) is 63.5 Å². The molecule has 0 spiro atoms. The van der Waals surface area contributed by atoms with Crippen LogP contribution in [0.4, 0.5) is 0 Å². The van der Waals surface area contributed by atoms with Crippen LogP contribution in [0.5, 0.6) is 0 Å². The SMILES string of the molecule is CCN1CCCC(CNC)C1c1ccccc1C. The number of benzene rings is 1. The Labute approximate surface area is 111 Å². The van der Waals surface area contributed by atoms with Crippen molar-refractivity contribution in [2.75, 3.05) is 26.7 Å². The van der Waals surface area contributed by atoms with Gasteiger partial charge in [0.2, 0.25) is 0 Å². The van der Waals surface area contributed by atoms with Crippen LogP contribution in [0, 0.1) is 12.8 Å². The average Bonchev–Trinajstić information content (AvgIpc) is 2.40. The molecule has 1 saturated heterocycles. The number of rotatable bonds is 4. The van der Waals surface area contributed by atoms with Crippen LogP contribution < -0.4 is 5.32 Å². The summed E-state index contributed by atoms with van der Waals surface area (Å²) in [6.45, 7) is 8.05. The van der Waals surface area contributed by atoms with Crippen molar-refractivity contribution in [1.82, 2.24) is 10.2 Å². The van der Waals surface area contributed by atoms with Gasteiger partial charge in [-0.3, -0.25) is 4.90 Å². The molecule has 18 heavy (non-hydrogen) atoms. The van der Waals surface area contributed by atoms with Crippen LogP contribution in [0.1, 0.15) is 36.9 Å². The maximum Gasteiger partial charge on any atom is 0.0390 e. The first-order valence-corrected chi connectivity index (χ1v) is 7.22. The van der Waals surface area contributed by atoms with Gasteiger partial charge < -0.3 is 5.32 Å². The van der Waals surface area contributed by atoms with Gasteiger partial charge in [0.25, 0.3) is 0 Å². The van der Waals surface area contributed by atoms with Gasteiger partial charge in [-0.25, -0.2) is 0 Å². The second kappa shape index (κ2) is 6.35. The van der Waals surface area contributed by atoms with E-state index in [1.165, 1.54) is 30.5 Å². The van der Waals surface area contributed by atoms with E-state index >= 15 is 0 Å². The minimum atomic E-state index is 0.595. The first kappa shape index (κ1) is 13.6. The van der Waals surface area contributed by atoms with Gasteiger partial charge in [-0.2, -0.15) is 0 Å². The zero-order valence-corrected chi connectivity index (χ0v) is 11.9. The lowest BCUT2D eigenvalue weighted by atomic mass is 9.83. The third-order valence-electron chi connectivity index (χ3n) is 4.24. The molecule has 0 radical (unpaired) electrons. The summed E-state index contributed by atoms with van der Waals surface area (Å²) in [5.41, 5.74) is 2.96. The highest BCUT2D eigenvalue weighted by atomic mass is 15.2. The zero-order valence-electron chi connectivity index (χ0n) is 11.9. The van der Waals surface area contributed by atoms with E-state index < -0.39 is 0 Å². The number of nitrogens with one attached hydrogen (secondary N) is 1. The third-order valence-corrected chi connectivity index (χ3v) is 4.24. The van der Waals surface area contributed by atoms with Crippen molar-refractivity contribution in [3.8, 4) is 0 Å². The van der Waals surface area contributed by atoms with Gasteiger partial charge in [-0.1, -0.05) is 31.2 Å². The topological polar surface area (TPSA) is 15.3 Å². The monoisotopic (exact) mass is 246 g/mol. The summed E-state index contributed by atoms with van der Waals surface area (Å²) < 4.78 is 0. The van der Waals surface area contributed by atoms with Crippen molar-refractivity contribution in [1.29, 1.82) is 0 Å². The van der Waals surface area contributed by atoms with Crippen LogP contribution in [-0.2, 0) is 0 Å². The molecule has 1 heterocycles. The summed E-state index contributed by atoms with van der Waals surface area (Å²) in [6.07, 6.45) is 2.68. The van der Waals surface area contributed by atoms with Crippen molar-refractivity contribution in [2.45, 2.75) is 32.7 Å². The predicted octanol–water partition coefficient (Wildman–Crippen LogP) is 2.99. The molecule has 2 heteroatoms. The molecule has 0 aliphatic carbocycles. The molecule has 2 unspecified atom stereocenters. The summed E-state index contributed by atoms with van der Waals surface area (Å²) in [7, 11) is 2.07. The van der Waals surface area contributed by atoms with E-state index in [4.69, 9.17) is 0 Å².